The molecular weight excluding hydrogens is 555 g/mol. The molecule has 0 atom stereocenters. The predicted octanol–water partition coefficient (Wildman–Crippen LogP) is 4.15. The third-order valence-corrected chi connectivity index (χ3v) is 6.77. The van der Waals surface area contributed by atoms with Crippen LogP contribution in [0.3, 0.4) is 0 Å². The number of carbonyl (C=O) groups is 3. The van der Waals surface area contributed by atoms with Crippen molar-refractivity contribution in [1.82, 2.24) is 0 Å². The Hall–Kier alpha value is -4.96. The maximum atomic E-state index is 10.8. The molecule has 0 unspecified atom stereocenters. The average molecular weight is 583 g/mol. The van der Waals surface area contributed by atoms with E-state index < -0.39 is 17.9 Å². The summed E-state index contributed by atoms with van der Waals surface area (Å²) < 4.78 is 0. The van der Waals surface area contributed by atoms with E-state index in [0.29, 0.717) is 0 Å². The van der Waals surface area contributed by atoms with Gasteiger partial charge in [-0.15, -0.1) is 0 Å². The number of aryl methyl sites for hydroxylation is 3. The molecule has 0 spiro atoms. The van der Waals surface area contributed by atoms with Crippen LogP contribution in [-0.4, -0.2) is 35.3 Å². The number of fused-ring (bicyclic) bond motifs is 3. The second-order valence-corrected chi connectivity index (χ2v) is 9.95. The molecular formula is C36H27AlO6. The molecule has 0 aliphatic heterocycles. The van der Waals surface area contributed by atoms with Crippen LogP contribution in [0.4, 0.5) is 0 Å². The predicted molar refractivity (Wildman–Crippen MR) is 165 cm³/mol. The summed E-state index contributed by atoms with van der Waals surface area (Å²) >= 11 is 0. The smallest absolute Gasteiger partial charge is 0.545 e. The topological polar surface area (TPSA) is 120 Å². The Morgan fingerprint density at radius 3 is 0.907 bits per heavy atom. The maximum Gasteiger partial charge on any atom is 3.00 e. The standard InChI is InChI=1S/3C12H10O2.Al/c3*1-8-5-6-9-3-2-4-10(12(13)14)11(9)7-8;/h3*2-7H,1H3,(H,13,14);/q;;;+3/p-3. The van der Waals surface area contributed by atoms with Gasteiger partial charge in [-0.25, -0.2) is 0 Å². The second-order valence-electron chi connectivity index (χ2n) is 9.95. The first-order valence-electron chi connectivity index (χ1n) is 13.2. The minimum absolute atomic E-state index is 0. The number of hydrogen-bond donors (Lipinski definition) is 0. The first-order chi connectivity index (χ1) is 20.0. The summed E-state index contributed by atoms with van der Waals surface area (Å²) in [6.07, 6.45) is 0. The molecule has 6 aromatic rings. The molecule has 0 saturated heterocycles. The van der Waals surface area contributed by atoms with Gasteiger partial charge < -0.3 is 29.7 Å². The van der Waals surface area contributed by atoms with Crippen LogP contribution >= 0.6 is 0 Å². The largest absolute Gasteiger partial charge is 3.00 e. The number of aromatic carboxylic acids is 3. The van der Waals surface area contributed by atoms with Crippen LogP contribution in [0.25, 0.3) is 32.3 Å². The van der Waals surface area contributed by atoms with Crippen molar-refractivity contribution in [1.29, 1.82) is 0 Å². The molecule has 6 nitrogen and oxygen atoms in total. The zero-order chi connectivity index (χ0) is 30.4. The Morgan fingerprint density at radius 1 is 0.419 bits per heavy atom. The van der Waals surface area contributed by atoms with Crippen LogP contribution in [0.15, 0.2) is 109 Å². The van der Waals surface area contributed by atoms with Crippen molar-refractivity contribution in [2.24, 2.45) is 0 Å². The van der Waals surface area contributed by atoms with Gasteiger partial charge in [0.2, 0.25) is 0 Å². The first kappa shape index (κ1) is 32.6. The summed E-state index contributed by atoms with van der Waals surface area (Å²) in [5.41, 5.74) is 3.91. The summed E-state index contributed by atoms with van der Waals surface area (Å²) in [6, 6.07) is 32.8. The van der Waals surface area contributed by atoms with Crippen molar-refractivity contribution < 1.29 is 29.7 Å². The van der Waals surface area contributed by atoms with Crippen molar-refractivity contribution in [2.75, 3.05) is 0 Å². The summed E-state index contributed by atoms with van der Waals surface area (Å²) in [5.74, 6) is -3.37. The Labute approximate surface area is 260 Å². The zero-order valence-electron chi connectivity index (χ0n) is 23.9. The van der Waals surface area contributed by atoms with Crippen LogP contribution in [0, 0.1) is 20.8 Å². The fraction of sp³-hybridized carbons (Fsp3) is 0.0833. The van der Waals surface area contributed by atoms with Crippen molar-refractivity contribution >= 4 is 67.6 Å². The minimum atomic E-state index is -1.12. The zero-order valence-corrected chi connectivity index (χ0v) is 25.1. The van der Waals surface area contributed by atoms with E-state index in [-0.39, 0.29) is 34.1 Å². The number of rotatable bonds is 3. The van der Waals surface area contributed by atoms with Gasteiger partial charge in [0.1, 0.15) is 0 Å². The van der Waals surface area contributed by atoms with E-state index in [4.69, 9.17) is 0 Å². The van der Waals surface area contributed by atoms with Crippen LogP contribution < -0.4 is 15.3 Å². The quantitative estimate of drug-likeness (QED) is 0.289. The third kappa shape index (κ3) is 7.87. The number of carbonyl (C=O) groups excluding carboxylic acids is 3. The number of carboxylic acid groups (broad SMARTS) is 3. The fourth-order valence-electron chi connectivity index (χ4n) is 4.69. The molecule has 43 heavy (non-hydrogen) atoms. The van der Waals surface area contributed by atoms with E-state index >= 15 is 0 Å². The van der Waals surface area contributed by atoms with Crippen molar-refractivity contribution in [3.8, 4) is 0 Å². The normalized spacial score (nSPS) is 10.1. The van der Waals surface area contributed by atoms with Crippen LogP contribution in [0.1, 0.15) is 47.8 Å². The van der Waals surface area contributed by atoms with Gasteiger partial charge in [0.25, 0.3) is 0 Å². The molecule has 6 rings (SSSR count). The number of hydrogen-bond acceptors (Lipinski definition) is 6. The Balaban J connectivity index is 0.000000175. The van der Waals surface area contributed by atoms with E-state index in [1.54, 1.807) is 36.4 Å². The minimum Gasteiger partial charge on any atom is -0.545 e. The Morgan fingerprint density at radius 2 is 0.674 bits per heavy atom. The van der Waals surface area contributed by atoms with Crippen molar-refractivity contribution in [2.45, 2.75) is 20.8 Å². The SMILES string of the molecule is Cc1ccc2cccc(C(=O)[O-])c2c1.Cc1ccc2cccc(C(=O)[O-])c2c1.Cc1ccc2cccc(C(=O)[O-])c2c1.[Al+3]. The summed E-state index contributed by atoms with van der Waals surface area (Å²) in [6.45, 7) is 5.81. The Kier molecular flexibility index (Phi) is 10.8. The van der Waals surface area contributed by atoms with E-state index in [1.807, 2.05) is 93.6 Å². The molecule has 0 fully saturated rings. The molecule has 7 heteroatoms. The van der Waals surface area contributed by atoms with Gasteiger partial charge >= 0.3 is 17.4 Å². The van der Waals surface area contributed by atoms with Gasteiger partial charge in [-0.1, -0.05) is 126 Å². The molecule has 6 aromatic carbocycles. The van der Waals surface area contributed by atoms with Crippen LogP contribution in [0.2, 0.25) is 0 Å². The molecule has 0 amide bonds. The Bertz CT molecular complexity index is 1740. The molecule has 210 valence electrons. The molecule has 0 heterocycles. The van der Waals surface area contributed by atoms with Crippen LogP contribution in [0.5, 0.6) is 0 Å². The van der Waals surface area contributed by atoms with Gasteiger partial charge in [-0.05, 0) is 53.1 Å². The third-order valence-electron chi connectivity index (χ3n) is 6.77. The second kappa shape index (κ2) is 14.3. The molecule has 0 aliphatic carbocycles. The number of benzene rings is 6. The molecule has 0 bridgehead atoms. The van der Waals surface area contributed by atoms with E-state index in [0.717, 1.165) is 49.0 Å². The molecule has 0 saturated carbocycles. The van der Waals surface area contributed by atoms with Gasteiger partial charge in [0, 0.05) is 16.7 Å². The maximum absolute atomic E-state index is 10.8. The summed E-state index contributed by atoms with van der Waals surface area (Å²) in [7, 11) is 0. The van der Waals surface area contributed by atoms with Crippen molar-refractivity contribution in [3.05, 3.63) is 143 Å². The van der Waals surface area contributed by atoms with Gasteiger partial charge in [-0.2, -0.15) is 0 Å². The van der Waals surface area contributed by atoms with Gasteiger partial charge in [0.15, 0.2) is 0 Å². The van der Waals surface area contributed by atoms with Crippen molar-refractivity contribution in [3.63, 3.8) is 0 Å². The van der Waals surface area contributed by atoms with E-state index in [1.165, 1.54) is 0 Å². The fourth-order valence-corrected chi connectivity index (χ4v) is 4.69. The van der Waals surface area contributed by atoms with Gasteiger partial charge in [-0.3, -0.25) is 0 Å². The van der Waals surface area contributed by atoms with Crippen LogP contribution in [-0.2, 0) is 0 Å². The molecule has 0 aromatic heterocycles. The average Bonchev–Trinajstić information content (AvgIpc) is 2.96. The summed E-state index contributed by atoms with van der Waals surface area (Å²) in [5, 5.41) is 37.5. The molecule has 0 aliphatic rings. The van der Waals surface area contributed by atoms with E-state index in [2.05, 4.69) is 0 Å². The molecule has 0 N–H and O–H groups in total. The molecule has 0 radical (unpaired) electrons. The summed E-state index contributed by atoms with van der Waals surface area (Å²) in [4.78, 5) is 32.4. The van der Waals surface area contributed by atoms with E-state index in [9.17, 15) is 29.7 Å². The first-order valence-corrected chi connectivity index (χ1v) is 13.2. The monoisotopic (exact) mass is 582 g/mol. The van der Waals surface area contributed by atoms with Gasteiger partial charge in [0.05, 0.1) is 17.9 Å². The number of carboxylic acids is 3.